The molecule has 4 fully saturated rings. The highest BCUT2D eigenvalue weighted by Gasteiger charge is 2.41. The zero-order valence-corrected chi connectivity index (χ0v) is 17.8. The first-order valence-corrected chi connectivity index (χ1v) is 12.0. The van der Waals surface area contributed by atoms with Crippen molar-refractivity contribution in [1.82, 2.24) is 10.2 Å². The molecule has 2 atom stereocenters. The van der Waals surface area contributed by atoms with Crippen LogP contribution in [0.5, 0.6) is 0 Å². The maximum atomic E-state index is 13.4. The number of nitrogens with zero attached hydrogens (tertiary/aromatic N) is 1. The van der Waals surface area contributed by atoms with Gasteiger partial charge in [0.2, 0.25) is 5.92 Å². The standard InChI is InChI=1S/C25H34F2N2O/c26-25(27)10-6-17(7-11-25)14-24(30)19-3-1-2-18(15-19)22-16-23(22)28-20-8-12-29(13-9-20)21-4-5-21/h1-3,15,17,20-23,28H,4-14,16H2. The maximum Gasteiger partial charge on any atom is 0.248 e. The Hall–Kier alpha value is -1.33. The van der Waals surface area contributed by atoms with Crippen LogP contribution in [0.2, 0.25) is 0 Å². The molecule has 1 N–H and O–H groups in total. The highest BCUT2D eigenvalue weighted by atomic mass is 19.3. The lowest BCUT2D eigenvalue weighted by Crippen LogP contribution is -2.44. The van der Waals surface area contributed by atoms with Gasteiger partial charge in [-0.05, 0) is 75.6 Å². The van der Waals surface area contributed by atoms with Gasteiger partial charge < -0.3 is 10.2 Å². The van der Waals surface area contributed by atoms with Gasteiger partial charge in [-0.1, -0.05) is 18.2 Å². The van der Waals surface area contributed by atoms with Gasteiger partial charge in [-0.2, -0.15) is 0 Å². The largest absolute Gasteiger partial charge is 0.311 e. The lowest BCUT2D eigenvalue weighted by molar-refractivity contribution is -0.0458. The molecule has 3 saturated carbocycles. The molecular formula is C25H34F2N2O. The van der Waals surface area contributed by atoms with Crippen molar-refractivity contribution in [3.05, 3.63) is 35.4 Å². The third-order valence-electron chi connectivity index (χ3n) is 7.78. The van der Waals surface area contributed by atoms with E-state index in [0.29, 0.717) is 37.3 Å². The zero-order valence-electron chi connectivity index (χ0n) is 17.8. The SMILES string of the molecule is O=C(CC1CCC(F)(F)CC1)c1cccc(C2CC2NC2CCN(C3CC3)CC2)c1. The molecule has 4 aliphatic rings. The van der Waals surface area contributed by atoms with E-state index in [-0.39, 0.29) is 24.5 Å². The summed E-state index contributed by atoms with van der Waals surface area (Å²) in [5.74, 6) is -1.79. The average Bonchev–Trinajstić information content (AvgIpc) is 3.65. The molecule has 1 saturated heterocycles. The number of halogens is 2. The van der Waals surface area contributed by atoms with Gasteiger partial charge in [0.25, 0.3) is 0 Å². The summed E-state index contributed by atoms with van der Waals surface area (Å²) in [6, 6.07) is 10.1. The molecule has 5 heteroatoms. The quantitative estimate of drug-likeness (QED) is 0.624. The Morgan fingerprint density at radius 3 is 2.50 bits per heavy atom. The Morgan fingerprint density at radius 1 is 1.07 bits per heavy atom. The third kappa shape index (κ3) is 4.94. The summed E-state index contributed by atoms with van der Waals surface area (Å²) in [6.07, 6.45) is 7.64. The lowest BCUT2D eigenvalue weighted by atomic mass is 9.83. The van der Waals surface area contributed by atoms with E-state index in [9.17, 15) is 13.6 Å². The van der Waals surface area contributed by atoms with E-state index < -0.39 is 5.92 Å². The van der Waals surface area contributed by atoms with Gasteiger partial charge in [-0.3, -0.25) is 4.79 Å². The van der Waals surface area contributed by atoms with Crippen LogP contribution in [0.1, 0.15) is 86.0 Å². The Morgan fingerprint density at radius 2 is 1.80 bits per heavy atom. The van der Waals surface area contributed by atoms with Gasteiger partial charge >= 0.3 is 0 Å². The number of nitrogens with one attached hydrogen (secondary N) is 1. The van der Waals surface area contributed by atoms with E-state index in [2.05, 4.69) is 22.3 Å². The summed E-state index contributed by atoms with van der Waals surface area (Å²) in [6.45, 7) is 2.47. The smallest absolute Gasteiger partial charge is 0.248 e. The van der Waals surface area contributed by atoms with Crippen LogP contribution in [-0.2, 0) is 0 Å². The fourth-order valence-corrected chi connectivity index (χ4v) is 5.55. The molecule has 0 amide bonds. The number of carbonyl (C=O) groups is 1. The van der Waals surface area contributed by atoms with Crippen molar-refractivity contribution < 1.29 is 13.6 Å². The van der Waals surface area contributed by atoms with Crippen LogP contribution >= 0.6 is 0 Å². The molecule has 1 aromatic carbocycles. The number of alkyl halides is 2. The van der Waals surface area contributed by atoms with E-state index in [1.165, 1.54) is 44.3 Å². The molecule has 30 heavy (non-hydrogen) atoms. The van der Waals surface area contributed by atoms with Crippen LogP contribution in [0, 0.1) is 5.92 Å². The molecule has 1 aliphatic heterocycles. The molecule has 0 bridgehead atoms. The number of piperidine rings is 1. The van der Waals surface area contributed by atoms with Crippen molar-refractivity contribution in [2.75, 3.05) is 13.1 Å². The second kappa shape index (κ2) is 8.31. The van der Waals surface area contributed by atoms with Crippen molar-refractivity contribution in [1.29, 1.82) is 0 Å². The predicted octanol–water partition coefficient (Wildman–Crippen LogP) is 5.16. The van der Waals surface area contributed by atoms with E-state index in [4.69, 9.17) is 0 Å². The number of rotatable bonds is 7. The number of carbonyl (C=O) groups excluding carboxylic acids is 1. The number of Topliss-reactive ketones (excluding diaryl/α,β-unsaturated/α-hetero) is 1. The van der Waals surface area contributed by atoms with Crippen LogP contribution in [0.15, 0.2) is 24.3 Å². The van der Waals surface area contributed by atoms with E-state index in [1.807, 2.05) is 12.1 Å². The Kier molecular flexibility index (Phi) is 5.70. The minimum atomic E-state index is -2.53. The Balaban J connectivity index is 1.11. The minimum Gasteiger partial charge on any atom is -0.311 e. The molecule has 5 rings (SSSR count). The number of hydrogen-bond acceptors (Lipinski definition) is 3. The summed E-state index contributed by atoms with van der Waals surface area (Å²) in [7, 11) is 0. The summed E-state index contributed by atoms with van der Waals surface area (Å²) in [4.78, 5) is 15.4. The van der Waals surface area contributed by atoms with Gasteiger partial charge in [-0.25, -0.2) is 8.78 Å². The Bertz CT molecular complexity index is 760. The summed E-state index contributed by atoms with van der Waals surface area (Å²) < 4.78 is 26.7. The highest BCUT2D eigenvalue weighted by molar-refractivity contribution is 5.96. The van der Waals surface area contributed by atoms with Crippen LogP contribution in [0.25, 0.3) is 0 Å². The maximum absolute atomic E-state index is 13.4. The molecule has 0 spiro atoms. The number of likely N-dealkylation sites (tertiary alicyclic amines) is 1. The van der Waals surface area contributed by atoms with Crippen molar-refractivity contribution in [2.45, 2.75) is 94.2 Å². The van der Waals surface area contributed by atoms with Gasteiger partial charge in [0.15, 0.2) is 5.78 Å². The van der Waals surface area contributed by atoms with Gasteiger partial charge in [0, 0.05) is 48.9 Å². The molecule has 164 valence electrons. The summed E-state index contributed by atoms with van der Waals surface area (Å²) >= 11 is 0. The van der Waals surface area contributed by atoms with Gasteiger partial charge in [0.1, 0.15) is 0 Å². The lowest BCUT2D eigenvalue weighted by Gasteiger charge is -2.32. The van der Waals surface area contributed by atoms with Crippen molar-refractivity contribution in [2.24, 2.45) is 5.92 Å². The second-order valence-electron chi connectivity index (χ2n) is 10.2. The average molecular weight is 417 g/mol. The molecule has 3 nitrogen and oxygen atoms in total. The molecular weight excluding hydrogens is 382 g/mol. The molecule has 2 unspecified atom stereocenters. The fraction of sp³-hybridized carbons (Fsp3) is 0.720. The molecule has 1 aromatic rings. The monoisotopic (exact) mass is 416 g/mol. The highest BCUT2D eigenvalue weighted by Crippen LogP contribution is 2.42. The fourth-order valence-electron chi connectivity index (χ4n) is 5.55. The predicted molar refractivity (Wildman–Crippen MR) is 114 cm³/mol. The normalized spacial score (nSPS) is 30.3. The second-order valence-corrected chi connectivity index (χ2v) is 10.2. The van der Waals surface area contributed by atoms with E-state index in [1.54, 1.807) is 0 Å². The number of benzene rings is 1. The zero-order chi connectivity index (χ0) is 20.7. The first-order chi connectivity index (χ1) is 14.5. The van der Waals surface area contributed by atoms with E-state index >= 15 is 0 Å². The number of hydrogen-bond donors (Lipinski definition) is 1. The third-order valence-corrected chi connectivity index (χ3v) is 7.78. The molecule has 3 aliphatic carbocycles. The van der Waals surface area contributed by atoms with Crippen molar-refractivity contribution in [3.8, 4) is 0 Å². The van der Waals surface area contributed by atoms with Crippen LogP contribution in [0.4, 0.5) is 8.78 Å². The number of ketones is 1. The van der Waals surface area contributed by atoms with Gasteiger partial charge in [0.05, 0.1) is 0 Å². The first kappa shape index (κ1) is 20.6. The van der Waals surface area contributed by atoms with Crippen LogP contribution < -0.4 is 5.32 Å². The molecule has 1 heterocycles. The minimum absolute atomic E-state index is 0.0695. The van der Waals surface area contributed by atoms with Crippen molar-refractivity contribution >= 4 is 5.78 Å². The first-order valence-electron chi connectivity index (χ1n) is 12.0. The Labute approximate surface area is 178 Å². The summed E-state index contributed by atoms with van der Waals surface area (Å²) in [5.41, 5.74) is 2.01. The summed E-state index contributed by atoms with van der Waals surface area (Å²) in [5, 5.41) is 3.86. The van der Waals surface area contributed by atoms with Crippen LogP contribution in [0.3, 0.4) is 0 Å². The van der Waals surface area contributed by atoms with Gasteiger partial charge in [-0.15, -0.1) is 0 Å². The molecule has 0 radical (unpaired) electrons. The van der Waals surface area contributed by atoms with Crippen molar-refractivity contribution in [3.63, 3.8) is 0 Å². The van der Waals surface area contributed by atoms with Crippen LogP contribution in [-0.4, -0.2) is 47.8 Å². The molecule has 0 aromatic heterocycles. The topological polar surface area (TPSA) is 32.3 Å². The van der Waals surface area contributed by atoms with E-state index in [0.717, 1.165) is 18.0 Å².